The fourth-order valence-electron chi connectivity index (χ4n) is 2.03. The summed E-state index contributed by atoms with van der Waals surface area (Å²) in [6.07, 6.45) is 5.56. The Morgan fingerprint density at radius 1 is 1.18 bits per heavy atom. The lowest BCUT2D eigenvalue weighted by Crippen LogP contribution is -2.41. The van der Waals surface area contributed by atoms with Gasteiger partial charge in [-0.15, -0.1) is 0 Å². The van der Waals surface area contributed by atoms with Crippen molar-refractivity contribution in [3.63, 3.8) is 0 Å². The van der Waals surface area contributed by atoms with E-state index in [4.69, 9.17) is 9.31 Å². The fourth-order valence-corrected chi connectivity index (χ4v) is 2.27. The van der Waals surface area contributed by atoms with Crippen LogP contribution in [0.4, 0.5) is 5.95 Å². The summed E-state index contributed by atoms with van der Waals surface area (Å²) in [7, 11) is 3.43. The van der Waals surface area contributed by atoms with Crippen LogP contribution in [0, 0.1) is 0 Å². The topological polar surface area (TPSA) is 47.5 Å². The monoisotopic (exact) mass is 321 g/mol. The summed E-state index contributed by atoms with van der Waals surface area (Å²) in [5.74, 6) is 1.23. The van der Waals surface area contributed by atoms with Gasteiger partial charge in [0.05, 0.1) is 11.2 Å². The Hall–Kier alpha value is -1.05. The number of hydrogen-bond donors (Lipinski definition) is 1. The molecule has 22 heavy (non-hydrogen) atoms. The number of rotatable bonds is 4. The van der Waals surface area contributed by atoms with E-state index in [1.807, 2.05) is 52.8 Å². The predicted octanol–water partition coefficient (Wildman–Crippen LogP) is 2.49. The van der Waals surface area contributed by atoms with E-state index in [9.17, 15) is 0 Å². The quantitative estimate of drug-likeness (QED) is 0.682. The van der Waals surface area contributed by atoms with Crippen molar-refractivity contribution in [3.05, 3.63) is 23.4 Å². The largest absolute Gasteiger partial charge is 0.491 e. The van der Waals surface area contributed by atoms with E-state index in [1.165, 1.54) is 0 Å². The van der Waals surface area contributed by atoms with E-state index in [0.717, 1.165) is 11.0 Å². The van der Waals surface area contributed by atoms with Crippen molar-refractivity contribution in [2.24, 2.45) is 0 Å². The molecule has 0 aliphatic carbocycles. The van der Waals surface area contributed by atoms with Gasteiger partial charge in [0.1, 0.15) is 0 Å². The van der Waals surface area contributed by atoms with E-state index in [0.29, 0.717) is 11.7 Å². The van der Waals surface area contributed by atoms with Gasteiger partial charge in [0.2, 0.25) is 5.95 Å². The molecule has 0 atom stereocenters. The highest BCUT2D eigenvalue weighted by atomic mass is 32.1. The van der Waals surface area contributed by atoms with E-state index >= 15 is 0 Å². The maximum atomic E-state index is 6.06. The summed E-state index contributed by atoms with van der Waals surface area (Å²) in [4.78, 5) is 10.5. The average molecular weight is 321 g/mol. The summed E-state index contributed by atoms with van der Waals surface area (Å²) >= 11 is 4.41. The molecule has 7 heteroatoms. The number of nitrogens with zero attached hydrogens (tertiary/aromatic N) is 3. The Bertz CT molecular complexity index is 542. The third-order valence-electron chi connectivity index (χ3n) is 4.15. The normalized spacial score (nSPS) is 20.3. The molecule has 0 radical (unpaired) electrons. The van der Waals surface area contributed by atoms with Crippen molar-refractivity contribution in [3.8, 4) is 0 Å². The van der Waals surface area contributed by atoms with Gasteiger partial charge in [-0.1, -0.05) is 6.08 Å². The van der Waals surface area contributed by atoms with Gasteiger partial charge in [0.25, 0.3) is 0 Å². The highest BCUT2D eigenvalue weighted by Crippen LogP contribution is 2.38. The minimum absolute atomic E-state index is 0.356. The first-order valence-electron chi connectivity index (χ1n) is 7.32. The molecule has 2 rings (SSSR count). The Labute approximate surface area is 138 Å². The molecule has 0 unspecified atom stereocenters. The van der Waals surface area contributed by atoms with Gasteiger partial charge in [-0.3, -0.25) is 0 Å². The van der Waals surface area contributed by atoms with Crippen molar-refractivity contribution < 1.29 is 9.31 Å². The van der Waals surface area contributed by atoms with Gasteiger partial charge >= 0.3 is 7.12 Å². The molecule has 1 aliphatic rings. The second-order valence-electron chi connectivity index (χ2n) is 6.68. The molecule has 0 bridgehead atoms. The van der Waals surface area contributed by atoms with Crippen LogP contribution < -0.4 is 4.90 Å². The van der Waals surface area contributed by atoms with E-state index in [1.54, 1.807) is 12.4 Å². The first-order chi connectivity index (χ1) is 10.2. The van der Waals surface area contributed by atoms with Gasteiger partial charge in [0, 0.05) is 37.8 Å². The van der Waals surface area contributed by atoms with Crippen LogP contribution in [0.15, 0.2) is 17.9 Å². The number of anilines is 1. The van der Waals surface area contributed by atoms with Gasteiger partial charge in [0.15, 0.2) is 0 Å². The highest BCUT2D eigenvalue weighted by molar-refractivity contribution is 7.80. The lowest BCUT2D eigenvalue weighted by atomic mass is 9.78. The maximum absolute atomic E-state index is 6.06. The SMILES string of the molecule is CN(C)c1ncc(C=C(CS)B2OC(C)(C)C(C)(C)O2)cn1. The molecule has 1 aromatic heterocycles. The Morgan fingerprint density at radius 2 is 1.68 bits per heavy atom. The number of thiol groups is 1. The number of hydrogen-bond acceptors (Lipinski definition) is 6. The molecule has 1 saturated heterocycles. The van der Waals surface area contributed by atoms with Gasteiger partial charge in [-0.2, -0.15) is 12.6 Å². The smallest absolute Gasteiger partial charge is 0.400 e. The molecule has 1 aliphatic heterocycles. The van der Waals surface area contributed by atoms with Crippen LogP contribution in [0.25, 0.3) is 6.08 Å². The first kappa shape index (κ1) is 17.3. The maximum Gasteiger partial charge on any atom is 0.491 e. The van der Waals surface area contributed by atoms with Crippen molar-refractivity contribution in [1.29, 1.82) is 0 Å². The fraction of sp³-hybridized carbons (Fsp3) is 0.600. The molecular formula is C15H24BN3O2S. The summed E-state index contributed by atoms with van der Waals surface area (Å²) < 4.78 is 12.1. The molecule has 5 nitrogen and oxygen atoms in total. The standard InChI is InChI=1S/C15H24BN3O2S/c1-14(2)15(3,4)21-16(20-14)12(10-22)7-11-8-17-13(18-9-11)19(5)6/h7-9,22H,10H2,1-6H3. The minimum atomic E-state index is -0.393. The van der Waals surface area contributed by atoms with Crippen molar-refractivity contribution >= 4 is 31.8 Å². The van der Waals surface area contributed by atoms with Gasteiger partial charge in [-0.25, -0.2) is 9.97 Å². The zero-order chi connectivity index (χ0) is 16.5. The Morgan fingerprint density at radius 3 is 2.09 bits per heavy atom. The third-order valence-corrected chi connectivity index (χ3v) is 4.51. The Balaban J connectivity index is 2.22. The van der Waals surface area contributed by atoms with Crippen molar-refractivity contribution in [2.45, 2.75) is 38.9 Å². The lowest BCUT2D eigenvalue weighted by Gasteiger charge is -2.32. The molecule has 0 spiro atoms. The molecule has 0 N–H and O–H groups in total. The zero-order valence-corrected chi connectivity index (χ0v) is 15.0. The first-order valence-corrected chi connectivity index (χ1v) is 7.96. The van der Waals surface area contributed by atoms with E-state index in [-0.39, 0.29) is 11.2 Å². The summed E-state index contributed by atoms with van der Waals surface area (Å²) in [6.45, 7) is 8.16. The van der Waals surface area contributed by atoms with E-state index in [2.05, 4.69) is 22.6 Å². The molecule has 2 heterocycles. The molecule has 0 saturated carbocycles. The van der Waals surface area contributed by atoms with Gasteiger partial charge < -0.3 is 14.2 Å². The molecule has 1 fully saturated rings. The average Bonchev–Trinajstić information content (AvgIpc) is 2.65. The van der Waals surface area contributed by atoms with Crippen LogP contribution >= 0.6 is 12.6 Å². The second kappa shape index (κ2) is 6.22. The highest BCUT2D eigenvalue weighted by Gasteiger charge is 2.52. The summed E-state index contributed by atoms with van der Waals surface area (Å²) in [6, 6.07) is 0. The molecule has 1 aromatic rings. The molecule has 120 valence electrons. The van der Waals surface area contributed by atoms with Crippen LogP contribution in [0.2, 0.25) is 0 Å². The van der Waals surface area contributed by atoms with E-state index < -0.39 is 7.12 Å². The van der Waals surface area contributed by atoms with Crippen molar-refractivity contribution in [2.75, 3.05) is 24.7 Å². The van der Waals surface area contributed by atoms with Gasteiger partial charge in [-0.05, 0) is 33.2 Å². The second-order valence-corrected chi connectivity index (χ2v) is 6.99. The van der Waals surface area contributed by atoms with Crippen LogP contribution in [-0.2, 0) is 9.31 Å². The Kier molecular flexibility index (Phi) is 4.89. The zero-order valence-electron chi connectivity index (χ0n) is 14.1. The molecule has 0 amide bonds. The predicted molar refractivity (Wildman–Crippen MR) is 94.3 cm³/mol. The minimum Gasteiger partial charge on any atom is -0.400 e. The summed E-state index contributed by atoms with van der Waals surface area (Å²) in [5, 5.41) is 0. The van der Waals surface area contributed by atoms with Crippen LogP contribution in [0.3, 0.4) is 0 Å². The van der Waals surface area contributed by atoms with Crippen molar-refractivity contribution in [1.82, 2.24) is 9.97 Å². The number of aromatic nitrogens is 2. The third kappa shape index (κ3) is 3.47. The lowest BCUT2D eigenvalue weighted by molar-refractivity contribution is 0.00578. The van der Waals surface area contributed by atoms with Crippen LogP contribution in [-0.4, -0.2) is 48.1 Å². The van der Waals surface area contributed by atoms with Crippen LogP contribution in [0.1, 0.15) is 33.3 Å². The molecule has 0 aromatic carbocycles. The summed E-state index contributed by atoms with van der Waals surface area (Å²) in [5.41, 5.74) is 1.16. The van der Waals surface area contributed by atoms with Crippen LogP contribution in [0.5, 0.6) is 0 Å². The molecular weight excluding hydrogens is 297 g/mol.